The molecule has 2 aliphatic rings. The van der Waals surface area contributed by atoms with Crippen molar-refractivity contribution in [2.45, 2.75) is 56.1 Å². The number of carbonyl (C=O) groups is 1. The Labute approximate surface area is 184 Å². The zero-order valence-electron chi connectivity index (χ0n) is 18.5. The highest BCUT2D eigenvalue weighted by atomic mass is 16.7. The Balaban J connectivity index is 1.39. The molecule has 0 aromatic heterocycles. The van der Waals surface area contributed by atoms with Gasteiger partial charge in [-0.1, -0.05) is 36.4 Å². The van der Waals surface area contributed by atoms with Crippen LogP contribution in [0.25, 0.3) is 0 Å². The molecule has 0 amide bonds. The van der Waals surface area contributed by atoms with E-state index in [9.17, 15) is 9.90 Å². The third kappa shape index (κ3) is 4.70. The van der Waals surface area contributed by atoms with Crippen LogP contribution in [0.1, 0.15) is 44.1 Å². The van der Waals surface area contributed by atoms with Crippen molar-refractivity contribution >= 4 is 11.7 Å². The predicted octanol–water partition coefficient (Wildman–Crippen LogP) is 4.34. The summed E-state index contributed by atoms with van der Waals surface area (Å²) in [6, 6.07) is 18.6. The van der Waals surface area contributed by atoms with E-state index < -0.39 is 12.0 Å². The lowest BCUT2D eigenvalue weighted by Gasteiger charge is -2.46. The molecule has 1 heterocycles. The molecule has 6 nitrogen and oxygen atoms in total. The topological polar surface area (TPSA) is 65.0 Å². The molecule has 6 heteroatoms. The van der Waals surface area contributed by atoms with Gasteiger partial charge in [0.2, 0.25) is 0 Å². The predicted molar refractivity (Wildman–Crippen MR) is 122 cm³/mol. The molecule has 1 unspecified atom stereocenters. The van der Waals surface area contributed by atoms with Gasteiger partial charge in [0.1, 0.15) is 11.8 Å². The Hall–Kier alpha value is -2.57. The van der Waals surface area contributed by atoms with Crippen molar-refractivity contribution in [3.05, 3.63) is 60.2 Å². The fourth-order valence-corrected chi connectivity index (χ4v) is 5.09. The molecule has 1 saturated heterocycles. The molecule has 166 valence electrons. The van der Waals surface area contributed by atoms with Gasteiger partial charge in [-0.05, 0) is 70.3 Å². The molecule has 0 radical (unpaired) electrons. The highest BCUT2D eigenvalue weighted by molar-refractivity contribution is 5.73. The average molecular weight is 424 g/mol. The summed E-state index contributed by atoms with van der Waals surface area (Å²) in [4.78, 5) is 19.7. The molecule has 2 fully saturated rings. The number of carboxylic acid groups (broad SMARTS) is 1. The number of rotatable bonds is 7. The van der Waals surface area contributed by atoms with E-state index in [1.165, 1.54) is 5.56 Å². The van der Waals surface area contributed by atoms with Crippen molar-refractivity contribution in [2.75, 3.05) is 26.0 Å². The van der Waals surface area contributed by atoms with Crippen LogP contribution in [0.15, 0.2) is 54.6 Å². The number of anilines is 1. The monoisotopic (exact) mass is 423 g/mol. The van der Waals surface area contributed by atoms with Gasteiger partial charge >= 0.3 is 5.97 Å². The third-order valence-electron chi connectivity index (χ3n) is 6.90. The average Bonchev–Trinajstić information content (AvgIpc) is 3.23. The quantitative estimate of drug-likeness (QED) is 0.691. The van der Waals surface area contributed by atoms with Crippen molar-refractivity contribution in [3.63, 3.8) is 0 Å². The van der Waals surface area contributed by atoms with Crippen LogP contribution in [0.2, 0.25) is 0 Å². The maximum Gasteiger partial charge on any atom is 0.324 e. The van der Waals surface area contributed by atoms with Gasteiger partial charge in [0.15, 0.2) is 0 Å². The Morgan fingerprint density at radius 3 is 2.52 bits per heavy atom. The number of hydroxylamine groups is 2. The van der Waals surface area contributed by atoms with Crippen LogP contribution < -0.4 is 10.2 Å². The Kier molecular flexibility index (Phi) is 6.49. The van der Waals surface area contributed by atoms with Gasteiger partial charge in [-0.2, -0.15) is 0 Å². The van der Waals surface area contributed by atoms with Gasteiger partial charge in [-0.25, -0.2) is 0 Å². The summed E-state index contributed by atoms with van der Waals surface area (Å²) in [5.74, 6) is -0.141. The third-order valence-corrected chi connectivity index (χ3v) is 6.90. The van der Waals surface area contributed by atoms with E-state index >= 15 is 0 Å². The number of hydrogen-bond acceptors (Lipinski definition) is 5. The van der Waals surface area contributed by atoms with Crippen LogP contribution in [0.5, 0.6) is 5.75 Å². The second kappa shape index (κ2) is 9.28. The summed E-state index contributed by atoms with van der Waals surface area (Å²) in [5, 5.41) is 14.6. The van der Waals surface area contributed by atoms with Crippen LogP contribution in [0, 0.1) is 0 Å². The summed E-state index contributed by atoms with van der Waals surface area (Å²) < 4.78 is 0. The van der Waals surface area contributed by atoms with Crippen LogP contribution >= 0.6 is 0 Å². The lowest BCUT2D eigenvalue weighted by atomic mass is 9.74. The van der Waals surface area contributed by atoms with E-state index in [2.05, 4.69) is 60.7 Å². The maximum atomic E-state index is 11.4. The van der Waals surface area contributed by atoms with Crippen molar-refractivity contribution in [1.82, 2.24) is 9.96 Å². The van der Waals surface area contributed by atoms with Crippen LogP contribution in [-0.4, -0.2) is 53.8 Å². The Bertz CT molecular complexity index is 879. The summed E-state index contributed by atoms with van der Waals surface area (Å²) >= 11 is 0. The molecule has 2 N–H and O–H groups in total. The van der Waals surface area contributed by atoms with Crippen molar-refractivity contribution < 1.29 is 14.7 Å². The number of hydrogen-bond donors (Lipinski definition) is 2. The van der Waals surface area contributed by atoms with E-state index in [1.807, 2.05) is 18.2 Å². The SMILES string of the molecule is CN(C)C1(c2ccccc2)CCC(Nc2cccc(ON3CCCC3C(=O)O)c2)CC1. The minimum atomic E-state index is -0.822. The first kappa shape index (κ1) is 21.7. The van der Waals surface area contributed by atoms with Gasteiger partial charge in [0.25, 0.3) is 0 Å². The van der Waals surface area contributed by atoms with Gasteiger partial charge in [-0.3, -0.25) is 9.69 Å². The number of benzene rings is 2. The zero-order valence-corrected chi connectivity index (χ0v) is 18.5. The smallest absolute Gasteiger partial charge is 0.324 e. The number of aliphatic carboxylic acids is 1. The molecule has 2 aromatic rings. The molecule has 31 heavy (non-hydrogen) atoms. The molecule has 0 bridgehead atoms. The Morgan fingerprint density at radius 2 is 1.84 bits per heavy atom. The van der Waals surface area contributed by atoms with Gasteiger partial charge in [-0.15, -0.1) is 5.06 Å². The first-order valence-corrected chi connectivity index (χ1v) is 11.2. The minimum absolute atomic E-state index is 0.0893. The zero-order chi connectivity index (χ0) is 21.8. The second-order valence-corrected chi connectivity index (χ2v) is 8.97. The van der Waals surface area contributed by atoms with Crippen molar-refractivity contribution in [3.8, 4) is 5.75 Å². The molecule has 1 saturated carbocycles. The van der Waals surface area contributed by atoms with E-state index in [-0.39, 0.29) is 5.54 Å². The number of carboxylic acids is 1. The first-order valence-electron chi connectivity index (χ1n) is 11.2. The lowest BCUT2D eigenvalue weighted by Crippen LogP contribution is -2.46. The van der Waals surface area contributed by atoms with Crippen molar-refractivity contribution in [2.24, 2.45) is 0 Å². The van der Waals surface area contributed by atoms with Gasteiger partial charge in [0, 0.05) is 29.9 Å². The molecular formula is C25H33N3O3. The molecular weight excluding hydrogens is 390 g/mol. The van der Waals surface area contributed by atoms with Crippen LogP contribution in [0.3, 0.4) is 0 Å². The summed E-state index contributed by atoms with van der Waals surface area (Å²) in [6.45, 7) is 0.642. The van der Waals surface area contributed by atoms with Gasteiger partial charge < -0.3 is 15.3 Å². The van der Waals surface area contributed by atoms with Crippen LogP contribution in [0.4, 0.5) is 5.69 Å². The standard InChI is InChI=1S/C25H33N3O3/c1-27(2)25(19-8-4-3-5-9-19)15-13-20(14-16-25)26-21-10-6-11-22(18-21)31-28-17-7-12-23(28)24(29)30/h3-6,8-11,18,20,23,26H,7,12-17H2,1-2H3,(H,29,30). The molecule has 1 aliphatic carbocycles. The first-order chi connectivity index (χ1) is 15.0. The maximum absolute atomic E-state index is 11.4. The Morgan fingerprint density at radius 1 is 1.10 bits per heavy atom. The number of nitrogens with one attached hydrogen (secondary N) is 1. The fraction of sp³-hybridized carbons (Fsp3) is 0.480. The highest BCUT2D eigenvalue weighted by Gasteiger charge is 2.38. The summed E-state index contributed by atoms with van der Waals surface area (Å²) in [6.07, 6.45) is 5.85. The van der Waals surface area contributed by atoms with E-state index in [0.717, 1.165) is 37.8 Å². The fourth-order valence-electron chi connectivity index (χ4n) is 5.09. The van der Waals surface area contributed by atoms with Crippen molar-refractivity contribution in [1.29, 1.82) is 0 Å². The van der Waals surface area contributed by atoms with E-state index in [1.54, 1.807) is 5.06 Å². The van der Waals surface area contributed by atoms with Crippen LogP contribution in [-0.2, 0) is 10.3 Å². The molecule has 4 rings (SSSR count). The molecule has 0 spiro atoms. The molecule has 1 atom stereocenters. The largest absolute Gasteiger partial charge is 0.480 e. The van der Waals surface area contributed by atoms with E-state index in [4.69, 9.17) is 4.84 Å². The molecule has 2 aromatic carbocycles. The summed E-state index contributed by atoms with van der Waals surface area (Å²) in [5.41, 5.74) is 2.50. The highest BCUT2D eigenvalue weighted by Crippen LogP contribution is 2.41. The minimum Gasteiger partial charge on any atom is -0.480 e. The number of nitrogens with zero attached hydrogens (tertiary/aromatic N) is 2. The summed E-state index contributed by atoms with van der Waals surface area (Å²) in [7, 11) is 4.37. The second-order valence-electron chi connectivity index (χ2n) is 8.97. The molecule has 1 aliphatic heterocycles. The normalized spacial score (nSPS) is 26.7. The van der Waals surface area contributed by atoms with E-state index in [0.29, 0.717) is 24.8 Å². The lowest BCUT2D eigenvalue weighted by molar-refractivity contribution is -0.154. The van der Waals surface area contributed by atoms with Gasteiger partial charge in [0.05, 0.1) is 0 Å².